The number of carbonyl (C=O) groups is 1. The van der Waals surface area contributed by atoms with E-state index in [1.807, 2.05) is 6.92 Å². The van der Waals surface area contributed by atoms with Crippen LogP contribution < -0.4 is 0 Å². The molecule has 0 atom stereocenters. The molecule has 0 amide bonds. The van der Waals surface area contributed by atoms with Crippen LogP contribution in [-0.2, 0) is 9.53 Å². The van der Waals surface area contributed by atoms with Crippen LogP contribution in [0.4, 0.5) is 0 Å². The number of carbonyl (C=O) groups excluding carboxylic acids is 1. The smallest absolute Gasteiger partial charge is 0.333 e. The number of esters is 1. The van der Waals surface area contributed by atoms with Crippen molar-refractivity contribution in [3.8, 4) is 0 Å². The Morgan fingerprint density at radius 1 is 1.46 bits per heavy atom. The number of ether oxygens (including phenoxy) is 1. The van der Waals surface area contributed by atoms with Gasteiger partial charge in [-0.2, -0.15) is 0 Å². The largest absolute Gasteiger partial charge is 0.466 e. The normalized spacial score (nSPS) is 12.8. The third kappa shape index (κ3) is 5.35. The minimum atomic E-state index is -2.96. The van der Waals surface area contributed by atoms with E-state index in [1.54, 1.807) is 0 Å². The number of hydrogen-bond donors (Lipinski definition) is 3. The summed E-state index contributed by atoms with van der Waals surface area (Å²) >= 11 is 0. The summed E-state index contributed by atoms with van der Waals surface area (Å²) in [5.41, 5.74) is 0.0394. The molecule has 0 rings (SSSR count). The van der Waals surface area contributed by atoms with E-state index in [0.29, 0.717) is 18.9 Å². The maximum atomic E-state index is 11.0. The third-order valence-electron chi connectivity index (χ3n) is 1.33. The average Bonchev–Trinajstić information content (AvgIpc) is 2.00. The van der Waals surface area contributed by atoms with Crippen LogP contribution in [0.2, 0.25) is 0 Å². The summed E-state index contributed by atoms with van der Waals surface area (Å²) in [6, 6.07) is 0. The summed E-state index contributed by atoms with van der Waals surface area (Å²) in [7, 11) is 1.18. The van der Waals surface area contributed by atoms with Crippen molar-refractivity contribution in [3.05, 3.63) is 11.6 Å². The molecule has 13 heavy (non-hydrogen) atoms. The van der Waals surface area contributed by atoms with Crippen LogP contribution in [0.3, 0.4) is 0 Å². The highest BCUT2D eigenvalue weighted by Gasteiger charge is 2.19. The molecular formula is C8H14O5. The first-order valence-corrected chi connectivity index (χ1v) is 3.88. The quantitative estimate of drug-likeness (QED) is 0.316. The van der Waals surface area contributed by atoms with Gasteiger partial charge < -0.3 is 20.1 Å². The Morgan fingerprint density at radius 2 is 2.00 bits per heavy atom. The lowest BCUT2D eigenvalue weighted by molar-refractivity contribution is -0.273. The first-order valence-electron chi connectivity index (χ1n) is 3.88. The van der Waals surface area contributed by atoms with Gasteiger partial charge in [-0.15, -0.1) is 0 Å². The van der Waals surface area contributed by atoms with Crippen molar-refractivity contribution in [2.45, 2.75) is 25.7 Å². The van der Waals surface area contributed by atoms with E-state index in [9.17, 15) is 4.79 Å². The summed E-state index contributed by atoms with van der Waals surface area (Å²) in [6.45, 7) is 1.81. The predicted molar refractivity (Wildman–Crippen MR) is 44.4 cm³/mol. The standard InChI is InChI=1S/C8H14O5/c1-3-4-6(7(9)13-2)5-8(10,11)12/h5,10-12H,3-4H2,1-2H3. The maximum Gasteiger partial charge on any atom is 0.333 e. The van der Waals surface area contributed by atoms with Crippen molar-refractivity contribution in [2.24, 2.45) is 0 Å². The van der Waals surface area contributed by atoms with E-state index in [0.717, 1.165) is 0 Å². The molecule has 0 aromatic rings. The molecular weight excluding hydrogens is 176 g/mol. The predicted octanol–water partition coefficient (Wildman–Crippen LogP) is -0.483. The molecule has 0 spiro atoms. The molecule has 5 heteroatoms. The molecule has 0 bridgehead atoms. The van der Waals surface area contributed by atoms with E-state index in [4.69, 9.17) is 15.3 Å². The van der Waals surface area contributed by atoms with Gasteiger partial charge in [-0.05, 0) is 6.42 Å². The first-order chi connectivity index (χ1) is 5.90. The van der Waals surface area contributed by atoms with Gasteiger partial charge in [0.1, 0.15) is 0 Å². The van der Waals surface area contributed by atoms with Crippen LogP contribution >= 0.6 is 0 Å². The van der Waals surface area contributed by atoms with Gasteiger partial charge in [0.05, 0.1) is 7.11 Å². The van der Waals surface area contributed by atoms with E-state index in [-0.39, 0.29) is 5.57 Å². The van der Waals surface area contributed by atoms with E-state index >= 15 is 0 Å². The van der Waals surface area contributed by atoms with Gasteiger partial charge >= 0.3 is 5.97 Å². The summed E-state index contributed by atoms with van der Waals surface area (Å²) in [4.78, 5) is 11.0. The second-order valence-electron chi connectivity index (χ2n) is 2.60. The van der Waals surface area contributed by atoms with Crippen molar-refractivity contribution < 1.29 is 24.9 Å². The maximum absolute atomic E-state index is 11.0. The lowest BCUT2D eigenvalue weighted by Gasteiger charge is -2.11. The highest BCUT2D eigenvalue weighted by molar-refractivity contribution is 5.88. The molecule has 76 valence electrons. The molecule has 0 aromatic heterocycles. The molecule has 0 heterocycles. The molecule has 0 saturated carbocycles. The SMILES string of the molecule is CCCC(=CC(O)(O)O)C(=O)OC. The van der Waals surface area contributed by atoms with Gasteiger partial charge in [0.2, 0.25) is 0 Å². The van der Waals surface area contributed by atoms with E-state index in [1.165, 1.54) is 7.11 Å². The summed E-state index contributed by atoms with van der Waals surface area (Å²) in [5, 5.41) is 25.8. The number of hydrogen-bond acceptors (Lipinski definition) is 5. The van der Waals surface area contributed by atoms with Crippen LogP contribution in [0.25, 0.3) is 0 Å². The summed E-state index contributed by atoms with van der Waals surface area (Å²) in [5.74, 6) is -3.64. The molecule has 3 N–H and O–H groups in total. The molecule has 0 unspecified atom stereocenters. The first kappa shape index (κ1) is 12.1. The minimum absolute atomic E-state index is 0.0394. The Bertz CT molecular complexity index is 201. The molecule has 0 saturated heterocycles. The van der Waals surface area contributed by atoms with Crippen LogP contribution in [0.5, 0.6) is 0 Å². The van der Waals surface area contributed by atoms with Crippen molar-refractivity contribution in [1.82, 2.24) is 0 Å². The van der Waals surface area contributed by atoms with Crippen LogP contribution in [0.15, 0.2) is 11.6 Å². The fourth-order valence-corrected chi connectivity index (χ4v) is 0.867. The Morgan fingerprint density at radius 3 is 2.31 bits per heavy atom. The van der Waals surface area contributed by atoms with Gasteiger partial charge in [0.25, 0.3) is 5.97 Å². The molecule has 0 fully saturated rings. The fourth-order valence-electron chi connectivity index (χ4n) is 0.867. The Labute approximate surface area is 76.3 Å². The fraction of sp³-hybridized carbons (Fsp3) is 0.625. The topological polar surface area (TPSA) is 87.0 Å². The van der Waals surface area contributed by atoms with E-state index in [2.05, 4.69) is 4.74 Å². The zero-order valence-corrected chi connectivity index (χ0v) is 7.65. The molecule has 5 nitrogen and oxygen atoms in total. The lowest BCUT2D eigenvalue weighted by atomic mass is 10.1. The van der Waals surface area contributed by atoms with Gasteiger partial charge in [-0.1, -0.05) is 13.3 Å². The molecule has 0 radical (unpaired) electrons. The van der Waals surface area contributed by atoms with E-state index < -0.39 is 11.9 Å². The monoisotopic (exact) mass is 190 g/mol. The number of aliphatic hydroxyl groups is 3. The average molecular weight is 190 g/mol. The molecule has 0 aromatic carbocycles. The van der Waals surface area contributed by atoms with Gasteiger partial charge in [-0.3, -0.25) is 0 Å². The highest BCUT2D eigenvalue weighted by atomic mass is 16.7. The minimum Gasteiger partial charge on any atom is -0.466 e. The van der Waals surface area contributed by atoms with Gasteiger partial charge in [0.15, 0.2) is 0 Å². The van der Waals surface area contributed by atoms with Crippen molar-refractivity contribution in [2.75, 3.05) is 7.11 Å². The lowest BCUT2D eigenvalue weighted by Crippen LogP contribution is -2.25. The highest BCUT2D eigenvalue weighted by Crippen LogP contribution is 2.10. The summed E-state index contributed by atoms with van der Waals surface area (Å²) < 4.78 is 4.37. The zero-order valence-electron chi connectivity index (χ0n) is 7.65. The third-order valence-corrected chi connectivity index (χ3v) is 1.33. The van der Waals surface area contributed by atoms with Crippen molar-refractivity contribution in [3.63, 3.8) is 0 Å². The van der Waals surface area contributed by atoms with Crippen molar-refractivity contribution in [1.29, 1.82) is 0 Å². The summed E-state index contributed by atoms with van der Waals surface area (Å²) in [6.07, 6.45) is 1.61. The number of rotatable bonds is 4. The van der Waals surface area contributed by atoms with Crippen LogP contribution in [0, 0.1) is 0 Å². The second kappa shape index (κ2) is 4.96. The zero-order chi connectivity index (χ0) is 10.5. The Kier molecular flexibility index (Phi) is 4.61. The molecule has 0 aliphatic heterocycles. The van der Waals surface area contributed by atoms with Crippen molar-refractivity contribution >= 4 is 5.97 Å². The van der Waals surface area contributed by atoms with Crippen LogP contribution in [0.1, 0.15) is 19.8 Å². The Balaban J connectivity index is 4.60. The van der Waals surface area contributed by atoms with Gasteiger partial charge in [0, 0.05) is 11.6 Å². The Hall–Kier alpha value is -0.910. The second-order valence-corrected chi connectivity index (χ2v) is 2.60. The molecule has 0 aliphatic rings. The van der Waals surface area contributed by atoms with Gasteiger partial charge in [-0.25, -0.2) is 4.79 Å². The molecule has 0 aliphatic carbocycles. The number of methoxy groups -OCH3 is 1. The van der Waals surface area contributed by atoms with Crippen LogP contribution in [-0.4, -0.2) is 34.4 Å².